The van der Waals surface area contributed by atoms with E-state index in [1.54, 1.807) is 31.5 Å². The quantitative estimate of drug-likeness (QED) is 0.904. The highest BCUT2D eigenvalue weighted by Crippen LogP contribution is 2.24. The van der Waals surface area contributed by atoms with Crippen LogP contribution in [0.25, 0.3) is 0 Å². The molecular formula is C18H20ClN3O2. The minimum Gasteiger partial charge on any atom is -0.496 e. The monoisotopic (exact) mass is 345 g/mol. The largest absolute Gasteiger partial charge is 0.496 e. The Hall–Kier alpha value is -2.27. The van der Waals surface area contributed by atoms with Gasteiger partial charge in [-0.15, -0.1) is 0 Å². The maximum absolute atomic E-state index is 12.5. The molecule has 0 spiro atoms. The van der Waals surface area contributed by atoms with Gasteiger partial charge in [0.25, 0.3) is 5.91 Å². The number of benzene rings is 1. The molecule has 1 aliphatic rings. The smallest absolute Gasteiger partial charge is 0.255 e. The second-order valence-electron chi connectivity index (χ2n) is 5.73. The number of aromatic nitrogens is 1. The SMILES string of the molecule is COc1ccc(Cl)cc1C(=O)NC[C@H]1CCCN1c1ccccn1. The lowest BCUT2D eigenvalue weighted by Crippen LogP contribution is -2.40. The zero-order chi connectivity index (χ0) is 16.9. The van der Waals surface area contributed by atoms with Gasteiger partial charge in [0.2, 0.25) is 0 Å². The van der Waals surface area contributed by atoms with Gasteiger partial charge < -0.3 is 15.0 Å². The lowest BCUT2D eigenvalue weighted by atomic mass is 10.1. The van der Waals surface area contributed by atoms with Crippen LogP contribution in [0.3, 0.4) is 0 Å². The zero-order valence-electron chi connectivity index (χ0n) is 13.5. The molecule has 0 aliphatic carbocycles. The summed E-state index contributed by atoms with van der Waals surface area (Å²) in [5.41, 5.74) is 0.451. The topological polar surface area (TPSA) is 54.5 Å². The molecule has 1 aromatic heterocycles. The van der Waals surface area contributed by atoms with E-state index in [1.165, 1.54) is 0 Å². The number of nitrogens with zero attached hydrogens (tertiary/aromatic N) is 2. The number of hydrogen-bond donors (Lipinski definition) is 1. The van der Waals surface area contributed by atoms with Crippen molar-refractivity contribution in [3.8, 4) is 5.75 Å². The third-order valence-electron chi connectivity index (χ3n) is 4.23. The third kappa shape index (κ3) is 3.62. The maximum Gasteiger partial charge on any atom is 0.255 e. The lowest BCUT2D eigenvalue weighted by molar-refractivity contribution is 0.0948. The molecule has 0 radical (unpaired) electrons. The van der Waals surface area contributed by atoms with Gasteiger partial charge in [-0.3, -0.25) is 4.79 Å². The Morgan fingerprint density at radius 2 is 2.29 bits per heavy atom. The van der Waals surface area contributed by atoms with E-state index in [4.69, 9.17) is 16.3 Å². The minimum atomic E-state index is -0.178. The molecule has 1 saturated heterocycles. The molecule has 0 unspecified atom stereocenters. The zero-order valence-corrected chi connectivity index (χ0v) is 14.3. The molecule has 1 atom stereocenters. The molecule has 1 aliphatic heterocycles. The fourth-order valence-corrected chi connectivity index (χ4v) is 3.21. The first-order valence-electron chi connectivity index (χ1n) is 7.98. The minimum absolute atomic E-state index is 0.178. The van der Waals surface area contributed by atoms with Crippen molar-refractivity contribution in [3.63, 3.8) is 0 Å². The predicted molar refractivity (Wildman–Crippen MR) is 94.9 cm³/mol. The molecule has 3 rings (SSSR count). The molecule has 1 aromatic carbocycles. The van der Waals surface area contributed by atoms with E-state index in [0.717, 1.165) is 25.2 Å². The van der Waals surface area contributed by atoms with Gasteiger partial charge in [0.15, 0.2) is 0 Å². The van der Waals surface area contributed by atoms with Crippen molar-refractivity contribution in [1.29, 1.82) is 0 Å². The van der Waals surface area contributed by atoms with Crippen molar-refractivity contribution in [2.75, 3.05) is 25.1 Å². The number of carbonyl (C=O) groups is 1. The van der Waals surface area contributed by atoms with E-state index < -0.39 is 0 Å². The van der Waals surface area contributed by atoms with E-state index in [1.807, 2.05) is 18.2 Å². The van der Waals surface area contributed by atoms with Gasteiger partial charge in [0, 0.05) is 30.4 Å². The number of hydrogen-bond acceptors (Lipinski definition) is 4. The number of pyridine rings is 1. The third-order valence-corrected chi connectivity index (χ3v) is 4.46. The average molecular weight is 346 g/mol. The number of ether oxygens (including phenoxy) is 1. The van der Waals surface area contributed by atoms with Crippen LogP contribution in [-0.4, -0.2) is 37.1 Å². The molecule has 2 aromatic rings. The second-order valence-corrected chi connectivity index (χ2v) is 6.17. The van der Waals surface area contributed by atoms with Gasteiger partial charge in [-0.05, 0) is 43.2 Å². The highest BCUT2D eigenvalue weighted by Gasteiger charge is 2.26. The number of halogens is 1. The molecule has 0 bridgehead atoms. The van der Waals surface area contributed by atoms with Crippen molar-refractivity contribution < 1.29 is 9.53 Å². The van der Waals surface area contributed by atoms with Crippen LogP contribution in [0.5, 0.6) is 5.75 Å². The Kier molecular flexibility index (Phi) is 5.20. The Morgan fingerprint density at radius 1 is 1.42 bits per heavy atom. The molecule has 6 heteroatoms. The van der Waals surface area contributed by atoms with Gasteiger partial charge in [0.05, 0.1) is 12.7 Å². The molecular weight excluding hydrogens is 326 g/mol. The van der Waals surface area contributed by atoms with Crippen LogP contribution in [0.15, 0.2) is 42.6 Å². The van der Waals surface area contributed by atoms with Crippen molar-refractivity contribution in [3.05, 3.63) is 53.2 Å². The number of anilines is 1. The number of amides is 1. The number of nitrogens with one attached hydrogen (secondary N) is 1. The number of methoxy groups -OCH3 is 1. The highest BCUT2D eigenvalue weighted by atomic mass is 35.5. The van der Waals surface area contributed by atoms with E-state index >= 15 is 0 Å². The van der Waals surface area contributed by atoms with Crippen LogP contribution >= 0.6 is 11.6 Å². The van der Waals surface area contributed by atoms with E-state index in [9.17, 15) is 4.79 Å². The summed E-state index contributed by atoms with van der Waals surface area (Å²) in [5, 5.41) is 3.51. The van der Waals surface area contributed by atoms with Crippen LogP contribution in [0.1, 0.15) is 23.2 Å². The standard InChI is InChI=1S/C18H20ClN3O2/c1-24-16-8-7-13(19)11-15(16)18(23)21-12-14-5-4-10-22(14)17-6-2-3-9-20-17/h2-3,6-9,11,14H,4-5,10,12H2,1H3,(H,21,23)/t14-/m1/s1. The fourth-order valence-electron chi connectivity index (χ4n) is 3.04. The van der Waals surface area contributed by atoms with Crippen LogP contribution < -0.4 is 15.0 Å². The first-order chi connectivity index (χ1) is 11.7. The summed E-state index contributed by atoms with van der Waals surface area (Å²) in [5.74, 6) is 1.29. The van der Waals surface area contributed by atoms with Crippen LogP contribution in [0.2, 0.25) is 5.02 Å². The molecule has 24 heavy (non-hydrogen) atoms. The summed E-state index contributed by atoms with van der Waals surface area (Å²) in [6.45, 7) is 1.52. The van der Waals surface area contributed by atoms with Crippen molar-refractivity contribution >= 4 is 23.3 Å². The molecule has 2 heterocycles. The van der Waals surface area contributed by atoms with Gasteiger partial charge >= 0.3 is 0 Å². The summed E-state index contributed by atoms with van der Waals surface area (Å²) in [6, 6.07) is 11.2. The number of rotatable bonds is 5. The van der Waals surface area contributed by atoms with Gasteiger partial charge in [-0.2, -0.15) is 0 Å². The highest BCUT2D eigenvalue weighted by molar-refractivity contribution is 6.31. The van der Waals surface area contributed by atoms with E-state index in [2.05, 4.69) is 15.2 Å². The van der Waals surface area contributed by atoms with Crippen LogP contribution in [0.4, 0.5) is 5.82 Å². The molecule has 1 amide bonds. The predicted octanol–water partition coefficient (Wildman–Crippen LogP) is 3.14. The first-order valence-corrected chi connectivity index (χ1v) is 8.36. The Labute approximate surface area is 146 Å². The summed E-state index contributed by atoms with van der Waals surface area (Å²) >= 11 is 6.00. The molecule has 1 N–H and O–H groups in total. The summed E-state index contributed by atoms with van der Waals surface area (Å²) < 4.78 is 5.24. The Morgan fingerprint density at radius 3 is 3.04 bits per heavy atom. The summed E-state index contributed by atoms with van der Waals surface area (Å²) in [6.07, 6.45) is 3.92. The average Bonchev–Trinajstić information content (AvgIpc) is 3.09. The van der Waals surface area contributed by atoms with E-state index in [-0.39, 0.29) is 11.9 Å². The van der Waals surface area contributed by atoms with Gasteiger partial charge in [-0.25, -0.2) is 4.98 Å². The Bertz CT molecular complexity index is 709. The molecule has 1 fully saturated rings. The van der Waals surface area contributed by atoms with Crippen molar-refractivity contribution in [1.82, 2.24) is 10.3 Å². The second kappa shape index (κ2) is 7.53. The summed E-state index contributed by atoms with van der Waals surface area (Å²) in [7, 11) is 1.54. The van der Waals surface area contributed by atoms with Crippen molar-refractivity contribution in [2.45, 2.75) is 18.9 Å². The maximum atomic E-state index is 12.5. The normalized spacial score (nSPS) is 16.9. The lowest BCUT2D eigenvalue weighted by Gasteiger charge is -2.26. The molecule has 126 valence electrons. The molecule has 0 saturated carbocycles. The van der Waals surface area contributed by atoms with Gasteiger partial charge in [0.1, 0.15) is 11.6 Å². The first kappa shape index (κ1) is 16.6. The number of carbonyl (C=O) groups excluding carboxylic acids is 1. The Balaban J connectivity index is 1.67. The van der Waals surface area contributed by atoms with Gasteiger partial charge in [-0.1, -0.05) is 17.7 Å². The fraction of sp³-hybridized carbons (Fsp3) is 0.333. The molecule has 5 nitrogen and oxygen atoms in total. The summed E-state index contributed by atoms with van der Waals surface area (Å²) in [4.78, 5) is 19.1. The van der Waals surface area contributed by atoms with Crippen molar-refractivity contribution in [2.24, 2.45) is 0 Å². The van der Waals surface area contributed by atoms with E-state index in [0.29, 0.717) is 22.9 Å². The van der Waals surface area contributed by atoms with Crippen LogP contribution in [-0.2, 0) is 0 Å². The van der Waals surface area contributed by atoms with Crippen LogP contribution in [0, 0.1) is 0 Å².